The summed E-state index contributed by atoms with van der Waals surface area (Å²) in [5, 5.41) is 0. The van der Waals surface area contributed by atoms with Gasteiger partial charge in [-0.15, -0.1) is 0 Å². The molecule has 0 aromatic heterocycles. The third kappa shape index (κ3) is 1.94. The lowest BCUT2D eigenvalue weighted by molar-refractivity contribution is 0.239. The first kappa shape index (κ1) is 8.81. The maximum atomic E-state index is 11.4. The van der Waals surface area contributed by atoms with Crippen LogP contribution in [0, 0.1) is 0 Å². The smallest absolute Gasteiger partial charge is 0.157 e. The Morgan fingerprint density at radius 1 is 1.23 bits per heavy atom. The summed E-state index contributed by atoms with van der Waals surface area (Å²) in [5.74, 6) is 1.08. The molecule has 2 rings (SSSR count). The second-order valence-electron chi connectivity index (χ2n) is 3.32. The Morgan fingerprint density at radius 2 is 2.00 bits per heavy atom. The predicted molar refractivity (Wildman–Crippen MR) is 50.0 cm³/mol. The zero-order valence-corrected chi connectivity index (χ0v) is 8.14. The topological polar surface area (TPSA) is 43.4 Å². The highest BCUT2D eigenvalue weighted by atomic mass is 32.2. The second kappa shape index (κ2) is 3.18. The minimum absolute atomic E-state index is 0.141. The fourth-order valence-electron chi connectivity index (χ4n) is 1.57. The second-order valence-corrected chi connectivity index (χ2v) is 5.50. The zero-order chi connectivity index (χ0) is 9.31. The SMILES string of the molecule is O=S1(=O)CCOC2=CCCC=C2C1. The predicted octanol–water partition coefficient (Wildman–Crippen LogP) is 1.04. The van der Waals surface area contributed by atoms with Gasteiger partial charge in [0.2, 0.25) is 0 Å². The van der Waals surface area contributed by atoms with Crippen molar-refractivity contribution in [2.75, 3.05) is 18.1 Å². The molecule has 0 aromatic carbocycles. The van der Waals surface area contributed by atoms with Crippen LogP contribution in [0.1, 0.15) is 12.8 Å². The molecule has 1 saturated heterocycles. The van der Waals surface area contributed by atoms with E-state index < -0.39 is 9.84 Å². The summed E-state index contributed by atoms with van der Waals surface area (Å²) >= 11 is 0. The van der Waals surface area contributed by atoms with Crippen molar-refractivity contribution in [1.29, 1.82) is 0 Å². The Labute approximate surface area is 78.0 Å². The Hall–Kier alpha value is -0.770. The number of fused-ring (bicyclic) bond motifs is 1. The van der Waals surface area contributed by atoms with Crippen molar-refractivity contribution in [1.82, 2.24) is 0 Å². The van der Waals surface area contributed by atoms with E-state index in [0.29, 0.717) is 6.61 Å². The number of ether oxygens (including phenoxy) is 1. The molecule has 0 amide bonds. The summed E-state index contributed by atoms with van der Waals surface area (Å²) in [6.45, 7) is 0.297. The summed E-state index contributed by atoms with van der Waals surface area (Å²) in [5.41, 5.74) is 0.851. The summed E-state index contributed by atoms with van der Waals surface area (Å²) in [6, 6.07) is 0. The highest BCUT2D eigenvalue weighted by Gasteiger charge is 2.22. The number of hydrogen-bond acceptors (Lipinski definition) is 3. The number of hydrogen-bond donors (Lipinski definition) is 0. The van der Waals surface area contributed by atoms with Gasteiger partial charge < -0.3 is 4.74 Å². The van der Waals surface area contributed by atoms with Crippen LogP contribution in [0.15, 0.2) is 23.5 Å². The van der Waals surface area contributed by atoms with Gasteiger partial charge in [0.15, 0.2) is 9.84 Å². The number of rotatable bonds is 0. The van der Waals surface area contributed by atoms with Gasteiger partial charge >= 0.3 is 0 Å². The molecular formula is C9H12O3S. The van der Waals surface area contributed by atoms with Gasteiger partial charge in [-0.1, -0.05) is 6.08 Å². The molecule has 72 valence electrons. The molecule has 0 aromatic rings. The maximum absolute atomic E-state index is 11.4. The third-order valence-electron chi connectivity index (χ3n) is 2.23. The fraction of sp³-hybridized carbons (Fsp3) is 0.556. The van der Waals surface area contributed by atoms with Crippen molar-refractivity contribution in [2.45, 2.75) is 12.8 Å². The van der Waals surface area contributed by atoms with E-state index >= 15 is 0 Å². The average Bonchev–Trinajstić information content (AvgIpc) is 2.21. The van der Waals surface area contributed by atoms with Crippen LogP contribution in [0.25, 0.3) is 0 Å². The minimum Gasteiger partial charge on any atom is -0.493 e. The molecule has 13 heavy (non-hydrogen) atoms. The Balaban J connectivity index is 2.32. The van der Waals surface area contributed by atoms with Crippen LogP contribution < -0.4 is 0 Å². The van der Waals surface area contributed by atoms with Crippen LogP contribution in [-0.4, -0.2) is 26.5 Å². The summed E-state index contributed by atoms with van der Waals surface area (Å²) in [6.07, 6.45) is 5.84. The van der Waals surface area contributed by atoms with Crippen LogP contribution in [0.4, 0.5) is 0 Å². The first-order chi connectivity index (χ1) is 6.17. The van der Waals surface area contributed by atoms with Gasteiger partial charge in [-0.2, -0.15) is 0 Å². The van der Waals surface area contributed by atoms with Crippen molar-refractivity contribution >= 4 is 9.84 Å². The lowest BCUT2D eigenvalue weighted by Crippen LogP contribution is -2.12. The van der Waals surface area contributed by atoms with Gasteiger partial charge in [0.05, 0.1) is 11.5 Å². The van der Waals surface area contributed by atoms with Crippen LogP contribution in [-0.2, 0) is 14.6 Å². The molecule has 0 atom stereocenters. The Bertz CT molecular complexity index is 362. The molecule has 0 unspecified atom stereocenters. The molecule has 4 heteroatoms. The lowest BCUT2D eigenvalue weighted by atomic mass is 10.1. The minimum atomic E-state index is -2.92. The lowest BCUT2D eigenvalue weighted by Gasteiger charge is -2.11. The van der Waals surface area contributed by atoms with E-state index in [1.807, 2.05) is 12.2 Å². The Kier molecular flexibility index (Phi) is 2.15. The molecule has 0 bridgehead atoms. The normalized spacial score (nSPS) is 26.2. The number of sulfone groups is 1. The summed E-state index contributed by atoms with van der Waals surface area (Å²) in [4.78, 5) is 0. The van der Waals surface area contributed by atoms with E-state index in [1.54, 1.807) is 0 Å². The van der Waals surface area contributed by atoms with Crippen molar-refractivity contribution in [2.24, 2.45) is 0 Å². The van der Waals surface area contributed by atoms with Crippen molar-refractivity contribution in [3.8, 4) is 0 Å². The van der Waals surface area contributed by atoms with E-state index in [-0.39, 0.29) is 11.5 Å². The molecule has 1 fully saturated rings. The van der Waals surface area contributed by atoms with Crippen LogP contribution in [0.2, 0.25) is 0 Å². The monoisotopic (exact) mass is 200 g/mol. The quantitative estimate of drug-likeness (QED) is 0.586. The zero-order valence-electron chi connectivity index (χ0n) is 7.32. The highest BCUT2D eigenvalue weighted by molar-refractivity contribution is 7.91. The van der Waals surface area contributed by atoms with Gasteiger partial charge in [0.25, 0.3) is 0 Å². The van der Waals surface area contributed by atoms with Crippen molar-refractivity contribution in [3.05, 3.63) is 23.5 Å². The molecule has 1 aliphatic heterocycles. The molecule has 0 N–H and O–H groups in total. The summed E-state index contributed by atoms with van der Waals surface area (Å²) < 4.78 is 28.1. The van der Waals surface area contributed by atoms with Gasteiger partial charge in [-0.05, 0) is 18.9 Å². The van der Waals surface area contributed by atoms with E-state index in [4.69, 9.17) is 4.74 Å². The van der Waals surface area contributed by atoms with Gasteiger partial charge in [0.1, 0.15) is 12.4 Å². The molecule has 1 aliphatic carbocycles. The van der Waals surface area contributed by atoms with Gasteiger partial charge in [-0.25, -0.2) is 8.42 Å². The van der Waals surface area contributed by atoms with Crippen molar-refractivity contribution < 1.29 is 13.2 Å². The molecule has 0 saturated carbocycles. The van der Waals surface area contributed by atoms with Crippen LogP contribution in [0.3, 0.4) is 0 Å². The largest absolute Gasteiger partial charge is 0.493 e. The van der Waals surface area contributed by atoms with E-state index in [0.717, 1.165) is 24.2 Å². The highest BCUT2D eigenvalue weighted by Crippen LogP contribution is 2.23. The fourth-order valence-corrected chi connectivity index (χ4v) is 2.79. The van der Waals surface area contributed by atoms with Crippen LogP contribution in [0.5, 0.6) is 0 Å². The molecule has 0 spiro atoms. The van der Waals surface area contributed by atoms with E-state index in [1.165, 1.54) is 0 Å². The third-order valence-corrected chi connectivity index (χ3v) is 3.77. The Morgan fingerprint density at radius 3 is 2.85 bits per heavy atom. The molecule has 1 heterocycles. The van der Waals surface area contributed by atoms with Gasteiger partial charge in [0, 0.05) is 5.57 Å². The first-order valence-electron chi connectivity index (χ1n) is 4.40. The molecule has 0 radical (unpaired) electrons. The maximum Gasteiger partial charge on any atom is 0.157 e. The molecular weight excluding hydrogens is 188 g/mol. The summed E-state index contributed by atoms with van der Waals surface area (Å²) in [7, 11) is -2.92. The standard InChI is InChI=1S/C9H12O3S/c10-13(11)6-5-12-9-4-2-1-3-8(9)7-13/h3-4H,1-2,5-7H2. The molecule has 3 nitrogen and oxygen atoms in total. The van der Waals surface area contributed by atoms with E-state index in [2.05, 4.69) is 0 Å². The number of allylic oxidation sites excluding steroid dienone is 3. The van der Waals surface area contributed by atoms with Crippen molar-refractivity contribution in [3.63, 3.8) is 0 Å². The van der Waals surface area contributed by atoms with Crippen LogP contribution >= 0.6 is 0 Å². The van der Waals surface area contributed by atoms with E-state index in [9.17, 15) is 8.42 Å². The molecule has 2 aliphatic rings. The van der Waals surface area contributed by atoms with Gasteiger partial charge in [-0.3, -0.25) is 0 Å². The first-order valence-corrected chi connectivity index (χ1v) is 6.22. The average molecular weight is 200 g/mol.